The van der Waals surface area contributed by atoms with E-state index in [1.54, 1.807) is 4.90 Å². The first-order valence-corrected chi connectivity index (χ1v) is 5.12. The molecule has 0 unspecified atom stereocenters. The van der Waals surface area contributed by atoms with Gasteiger partial charge in [0.15, 0.2) is 0 Å². The first-order chi connectivity index (χ1) is 6.99. The summed E-state index contributed by atoms with van der Waals surface area (Å²) in [7, 11) is 0. The van der Waals surface area contributed by atoms with Gasteiger partial charge >= 0.3 is 6.18 Å². The fourth-order valence-corrected chi connectivity index (χ4v) is 1.78. The van der Waals surface area contributed by atoms with Crippen molar-refractivity contribution in [1.82, 2.24) is 9.36 Å². The van der Waals surface area contributed by atoms with Crippen LogP contribution in [0, 0.1) is 0 Å². The molecular formula is C7H11F3N4S. The first kappa shape index (κ1) is 12.2. The quantitative estimate of drug-likeness (QED) is 0.863. The molecule has 0 aromatic carbocycles. The van der Waals surface area contributed by atoms with Crippen LogP contribution < -0.4 is 10.6 Å². The minimum Gasteiger partial charge on any atom is -0.346 e. The molecule has 4 nitrogen and oxygen atoms in total. The van der Waals surface area contributed by atoms with Crippen molar-refractivity contribution in [3.05, 3.63) is 5.82 Å². The lowest BCUT2D eigenvalue weighted by Gasteiger charge is -2.17. The van der Waals surface area contributed by atoms with Gasteiger partial charge < -0.3 is 10.6 Å². The molecule has 0 spiro atoms. The average Bonchev–Trinajstić information content (AvgIpc) is 2.62. The van der Waals surface area contributed by atoms with Crippen LogP contribution in [0.5, 0.6) is 0 Å². The summed E-state index contributed by atoms with van der Waals surface area (Å²) in [6.45, 7) is 3.23. The molecule has 0 bridgehead atoms. The van der Waals surface area contributed by atoms with Crippen LogP contribution in [-0.2, 0) is 6.18 Å². The summed E-state index contributed by atoms with van der Waals surface area (Å²) in [6, 6.07) is 0. The van der Waals surface area contributed by atoms with E-state index < -0.39 is 12.0 Å². The van der Waals surface area contributed by atoms with Crippen LogP contribution in [0.4, 0.5) is 18.3 Å². The molecule has 8 heteroatoms. The van der Waals surface area contributed by atoms with E-state index in [2.05, 4.69) is 9.36 Å². The third-order valence-electron chi connectivity index (χ3n) is 1.72. The van der Waals surface area contributed by atoms with Crippen LogP contribution >= 0.6 is 11.5 Å². The topological polar surface area (TPSA) is 55.0 Å². The van der Waals surface area contributed by atoms with E-state index in [-0.39, 0.29) is 5.13 Å². The van der Waals surface area contributed by atoms with Crippen molar-refractivity contribution in [2.45, 2.75) is 13.1 Å². The summed E-state index contributed by atoms with van der Waals surface area (Å²) in [5.41, 5.74) is 5.33. The number of rotatable bonds is 4. The number of aromatic nitrogens is 2. The second-order valence-corrected chi connectivity index (χ2v) is 3.50. The van der Waals surface area contributed by atoms with Gasteiger partial charge in [0.05, 0.1) is 0 Å². The summed E-state index contributed by atoms with van der Waals surface area (Å²) in [5, 5.41) is 0.260. The maximum absolute atomic E-state index is 12.2. The molecule has 0 aliphatic heterocycles. The zero-order valence-corrected chi connectivity index (χ0v) is 8.90. The maximum atomic E-state index is 12.2. The molecule has 0 fully saturated rings. The Balaban J connectivity index is 2.82. The Morgan fingerprint density at radius 2 is 2.13 bits per heavy atom. The second-order valence-electron chi connectivity index (χ2n) is 2.77. The van der Waals surface area contributed by atoms with Gasteiger partial charge in [-0.1, -0.05) is 0 Å². The van der Waals surface area contributed by atoms with Gasteiger partial charge in [-0.2, -0.15) is 22.5 Å². The molecular weight excluding hydrogens is 229 g/mol. The van der Waals surface area contributed by atoms with Crippen molar-refractivity contribution in [1.29, 1.82) is 0 Å². The molecule has 0 radical (unpaired) electrons. The SMILES string of the molecule is CCN(CCN)c1nc(C(F)(F)F)ns1. The summed E-state index contributed by atoms with van der Waals surface area (Å²) in [5.74, 6) is -1.09. The highest BCUT2D eigenvalue weighted by molar-refractivity contribution is 7.09. The molecule has 0 aliphatic carbocycles. The van der Waals surface area contributed by atoms with Crippen LogP contribution in [0.25, 0.3) is 0 Å². The largest absolute Gasteiger partial charge is 0.452 e. The van der Waals surface area contributed by atoms with E-state index in [0.717, 1.165) is 11.5 Å². The van der Waals surface area contributed by atoms with Gasteiger partial charge in [-0.05, 0) is 6.92 Å². The molecule has 2 N–H and O–H groups in total. The van der Waals surface area contributed by atoms with Crippen molar-refractivity contribution >= 4 is 16.7 Å². The van der Waals surface area contributed by atoms with Crippen LogP contribution in [0.15, 0.2) is 0 Å². The monoisotopic (exact) mass is 240 g/mol. The number of anilines is 1. The minimum absolute atomic E-state index is 0.260. The molecule has 1 rings (SSSR count). The van der Waals surface area contributed by atoms with E-state index in [1.165, 1.54) is 0 Å². The van der Waals surface area contributed by atoms with Gasteiger partial charge in [0.1, 0.15) is 0 Å². The van der Waals surface area contributed by atoms with E-state index in [1.807, 2.05) is 6.92 Å². The van der Waals surface area contributed by atoms with Gasteiger partial charge in [-0.3, -0.25) is 0 Å². The van der Waals surface area contributed by atoms with Gasteiger partial charge in [-0.25, -0.2) is 0 Å². The fraction of sp³-hybridized carbons (Fsp3) is 0.714. The van der Waals surface area contributed by atoms with Crippen LogP contribution in [0.3, 0.4) is 0 Å². The Morgan fingerprint density at radius 1 is 1.47 bits per heavy atom. The van der Waals surface area contributed by atoms with Crippen molar-refractivity contribution in [2.24, 2.45) is 5.73 Å². The van der Waals surface area contributed by atoms with Crippen LogP contribution in [0.2, 0.25) is 0 Å². The lowest BCUT2D eigenvalue weighted by molar-refractivity contribution is -0.144. The molecule has 15 heavy (non-hydrogen) atoms. The van der Waals surface area contributed by atoms with Gasteiger partial charge in [0, 0.05) is 31.2 Å². The zero-order chi connectivity index (χ0) is 11.5. The number of halogens is 3. The molecule has 1 heterocycles. The highest BCUT2D eigenvalue weighted by Gasteiger charge is 2.36. The first-order valence-electron chi connectivity index (χ1n) is 4.35. The normalized spacial score (nSPS) is 11.8. The molecule has 86 valence electrons. The van der Waals surface area contributed by atoms with Gasteiger partial charge in [0.25, 0.3) is 0 Å². The van der Waals surface area contributed by atoms with Crippen molar-refractivity contribution in [2.75, 3.05) is 24.5 Å². The minimum atomic E-state index is -4.48. The molecule has 1 aromatic rings. The Labute approximate surface area is 89.1 Å². The van der Waals surface area contributed by atoms with Crippen LogP contribution in [-0.4, -0.2) is 29.0 Å². The number of nitrogens with zero attached hydrogens (tertiary/aromatic N) is 3. The van der Waals surface area contributed by atoms with E-state index in [9.17, 15) is 13.2 Å². The Bertz CT molecular complexity index is 311. The van der Waals surface area contributed by atoms with Crippen molar-refractivity contribution in [3.63, 3.8) is 0 Å². The number of nitrogens with two attached hydrogens (primary N) is 1. The zero-order valence-electron chi connectivity index (χ0n) is 8.08. The van der Waals surface area contributed by atoms with Gasteiger partial charge in [-0.15, -0.1) is 0 Å². The highest BCUT2D eigenvalue weighted by atomic mass is 32.1. The molecule has 0 saturated carbocycles. The maximum Gasteiger partial charge on any atom is 0.452 e. The smallest absolute Gasteiger partial charge is 0.346 e. The molecule has 0 saturated heterocycles. The molecule has 0 amide bonds. The summed E-state index contributed by atoms with van der Waals surface area (Å²) in [6.07, 6.45) is -4.48. The number of hydrogen-bond donors (Lipinski definition) is 1. The Morgan fingerprint density at radius 3 is 2.53 bits per heavy atom. The lowest BCUT2D eigenvalue weighted by atomic mass is 10.5. The van der Waals surface area contributed by atoms with Crippen LogP contribution in [0.1, 0.15) is 12.7 Å². The van der Waals surface area contributed by atoms with E-state index in [0.29, 0.717) is 19.6 Å². The fourth-order valence-electron chi connectivity index (χ4n) is 1.00. The number of hydrogen-bond acceptors (Lipinski definition) is 5. The average molecular weight is 240 g/mol. The number of alkyl halides is 3. The van der Waals surface area contributed by atoms with Crippen molar-refractivity contribution < 1.29 is 13.2 Å². The second kappa shape index (κ2) is 4.75. The number of likely N-dealkylation sites (N-methyl/N-ethyl adjacent to an activating group) is 1. The summed E-state index contributed by atoms with van der Waals surface area (Å²) >= 11 is 0.738. The standard InChI is InChI=1S/C7H11F3N4S/c1-2-14(4-3-11)6-12-5(13-15-6)7(8,9)10/h2-4,11H2,1H3. The third-order valence-corrected chi connectivity index (χ3v) is 2.50. The third kappa shape index (κ3) is 3.03. The highest BCUT2D eigenvalue weighted by Crippen LogP contribution is 2.30. The Hall–Kier alpha value is -0.890. The molecule has 0 atom stereocenters. The predicted molar refractivity (Wildman–Crippen MR) is 51.9 cm³/mol. The summed E-state index contributed by atoms with van der Waals surface area (Å²) in [4.78, 5) is 5.08. The lowest BCUT2D eigenvalue weighted by Crippen LogP contribution is -2.29. The molecule has 0 aliphatic rings. The van der Waals surface area contributed by atoms with E-state index >= 15 is 0 Å². The summed E-state index contributed by atoms with van der Waals surface area (Å²) < 4.78 is 39.8. The van der Waals surface area contributed by atoms with E-state index in [4.69, 9.17) is 5.73 Å². The Kier molecular flexibility index (Phi) is 3.86. The predicted octanol–water partition coefficient (Wildman–Crippen LogP) is 1.34. The van der Waals surface area contributed by atoms with Gasteiger partial charge in [0.2, 0.25) is 11.0 Å². The van der Waals surface area contributed by atoms with Crippen molar-refractivity contribution in [3.8, 4) is 0 Å². The molecule has 1 aromatic heterocycles.